The zero-order chi connectivity index (χ0) is 56.1. The molecule has 0 spiro atoms. The summed E-state index contributed by atoms with van der Waals surface area (Å²) in [5.41, 5.74) is 0. The molecule has 430 valence electrons. The highest BCUT2D eigenvalue weighted by Gasteiger charge is 2.50. The fourth-order valence-electron chi connectivity index (χ4n) is 7.60. The van der Waals surface area contributed by atoms with E-state index in [9.17, 15) is 34.5 Å². The molecule has 77 heavy (non-hydrogen) atoms. The van der Waals surface area contributed by atoms with Crippen molar-refractivity contribution < 1.29 is 58.2 Å². The van der Waals surface area contributed by atoms with Crippen molar-refractivity contribution in [3.63, 3.8) is 0 Å². The number of ether oxygens (including phenoxy) is 5. The molecule has 3 N–H and O–H groups in total. The molecule has 0 aromatic rings. The van der Waals surface area contributed by atoms with Crippen LogP contribution in [0.1, 0.15) is 188 Å². The van der Waals surface area contributed by atoms with Gasteiger partial charge in [0, 0.05) is 19.3 Å². The quantitative estimate of drug-likeness (QED) is 0.0228. The van der Waals surface area contributed by atoms with Gasteiger partial charge in [0.05, 0.1) is 6.61 Å². The average Bonchev–Trinajstić information content (AvgIpc) is 3.42. The molecule has 1 fully saturated rings. The fourth-order valence-corrected chi connectivity index (χ4v) is 7.60. The van der Waals surface area contributed by atoms with Crippen LogP contribution in [0.15, 0.2) is 146 Å². The summed E-state index contributed by atoms with van der Waals surface area (Å²) in [5.74, 6) is -3.33. The van der Waals surface area contributed by atoms with Crippen LogP contribution in [0.25, 0.3) is 0 Å². The van der Waals surface area contributed by atoms with Gasteiger partial charge in [-0.15, -0.1) is 0 Å². The van der Waals surface area contributed by atoms with Gasteiger partial charge in [-0.3, -0.25) is 14.4 Å². The van der Waals surface area contributed by atoms with E-state index >= 15 is 0 Å². The maximum Gasteiger partial charge on any atom is 0.335 e. The van der Waals surface area contributed by atoms with Crippen LogP contribution in [0, 0.1) is 0 Å². The van der Waals surface area contributed by atoms with Crippen molar-refractivity contribution in [3.8, 4) is 0 Å². The van der Waals surface area contributed by atoms with Gasteiger partial charge in [-0.1, -0.05) is 192 Å². The lowest BCUT2D eigenvalue weighted by Gasteiger charge is -2.40. The Morgan fingerprint density at radius 1 is 0.429 bits per heavy atom. The molecule has 1 aliphatic rings. The van der Waals surface area contributed by atoms with Crippen LogP contribution >= 0.6 is 0 Å². The summed E-state index contributed by atoms with van der Waals surface area (Å²) in [6.07, 6.45) is 61.3. The molecular weight excluding hydrogens is 973 g/mol. The van der Waals surface area contributed by atoms with Crippen LogP contribution in [-0.4, -0.2) is 89.2 Å². The molecule has 1 rings (SSSR count). The van der Waals surface area contributed by atoms with E-state index in [4.69, 9.17) is 23.7 Å². The number of aliphatic hydroxyl groups excluding tert-OH is 2. The number of hydrogen-bond acceptors (Lipinski definition) is 11. The number of rotatable bonds is 46. The first-order valence-corrected chi connectivity index (χ1v) is 28.8. The molecule has 0 radical (unpaired) electrons. The van der Waals surface area contributed by atoms with E-state index in [0.717, 1.165) is 116 Å². The third-order valence-corrected chi connectivity index (χ3v) is 11.9. The third kappa shape index (κ3) is 41.4. The van der Waals surface area contributed by atoms with Crippen LogP contribution in [0.2, 0.25) is 0 Å². The number of aliphatic carboxylic acids is 1. The number of carboxylic acids is 1. The molecule has 0 amide bonds. The number of esters is 3. The van der Waals surface area contributed by atoms with Crippen molar-refractivity contribution in [1.82, 2.24) is 0 Å². The number of unbranched alkanes of at least 4 members (excludes halogenated alkanes) is 8. The number of aliphatic hydroxyl groups is 2. The first kappa shape index (κ1) is 69.6. The van der Waals surface area contributed by atoms with Gasteiger partial charge < -0.3 is 39.0 Å². The summed E-state index contributed by atoms with van der Waals surface area (Å²) in [4.78, 5) is 51.0. The number of carbonyl (C=O) groups is 4. The summed E-state index contributed by atoms with van der Waals surface area (Å²) in [6.45, 7) is 5.53. The molecule has 0 bridgehead atoms. The summed E-state index contributed by atoms with van der Waals surface area (Å²) >= 11 is 0. The Labute approximate surface area is 463 Å². The minimum Gasteiger partial charge on any atom is -0.479 e. The largest absolute Gasteiger partial charge is 0.479 e. The lowest BCUT2D eigenvalue weighted by Crippen LogP contribution is -2.61. The van der Waals surface area contributed by atoms with Gasteiger partial charge in [-0.25, -0.2) is 4.79 Å². The van der Waals surface area contributed by atoms with Crippen LogP contribution in [0.5, 0.6) is 0 Å². The predicted molar refractivity (Wildman–Crippen MR) is 312 cm³/mol. The first-order valence-electron chi connectivity index (χ1n) is 28.8. The Morgan fingerprint density at radius 2 is 0.805 bits per heavy atom. The highest BCUT2D eigenvalue weighted by Crippen LogP contribution is 2.26. The maximum absolute atomic E-state index is 13.1. The minimum atomic E-state index is -1.94. The van der Waals surface area contributed by atoms with E-state index < -0.39 is 67.3 Å². The summed E-state index contributed by atoms with van der Waals surface area (Å²) in [6, 6.07) is 0. The van der Waals surface area contributed by atoms with Gasteiger partial charge in [-0.05, 0) is 122 Å². The Kier molecular flexibility index (Phi) is 46.4. The smallest absolute Gasteiger partial charge is 0.335 e. The SMILES string of the molecule is CC/C=C\C/C=C\C/C=C\C/C=C\CCCCCCCCC(=O)OCC(COC1OC(C(=O)O)C(O)C(O)C1OC(=O)CCCC/C=C\C/C=C\C/C=C\C/C=C\CC)OC(=O)CC/C=C\C/C=C\C/C=C\C/C=C\CC. The van der Waals surface area contributed by atoms with Gasteiger partial charge >= 0.3 is 23.9 Å². The molecule has 0 saturated carbocycles. The highest BCUT2D eigenvalue weighted by atomic mass is 16.7. The van der Waals surface area contributed by atoms with Gasteiger partial charge in [0.15, 0.2) is 24.6 Å². The Bertz CT molecular complexity index is 1890. The van der Waals surface area contributed by atoms with E-state index in [1.54, 1.807) is 0 Å². The number of carbonyl (C=O) groups excluding carboxylic acids is 3. The van der Waals surface area contributed by atoms with E-state index in [1.807, 2.05) is 12.2 Å². The molecule has 1 heterocycles. The highest BCUT2D eigenvalue weighted by molar-refractivity contribution is 5.74. The molecule has 1 aliphatic heterocycles. The van der Waals surface area contributed by atoms with E-state index in [2.05, 4.69) is 154 Å². The number of allylic oxidation sites excluding steroid dienone is 24. The van der Waals surface area contributed by atoms with Crippen molar-refractivity contribution in [2.24, 2.45) is 0 Å². The first-order chi connectivity index (χ1) is 37.6. The lowest BCUT2D eigenvalue weighted by molar-refractivity contribution is -0.301. The molecule has 6 unspecified atom stereocenters. The molecular formula is C65H98O12. The standard InChI is InChI=1S/C65H98O12/c1-4-7-10-13-16-19-22-25-27-28-29-30-32-34-36-39-42-45-48-51-57(66)73-54-56(75-58(67)52-49-46-43-40-37-33-24-21-18-15-12-9-6-3)55-74-65-63(61(70)60(69)62(77-65)64(71)72)76-59(68)53-50-47-44-41-38-35-31-26-23-20-17-14-11-8-5-2/h7-12,16-21,25-27,29-31,33,37-38,41,43,46,56,60-63,65,69-70H,4-6,13-15,22-24,28,32,34-36,39-40,42,44-45,47-55H2,1-3H3,(H,71,72)/b10-7-,11-8-,12-9-,19-16-,20-17-,21-18-,27-25-,30-29-,31-26-,37-33-,41-38-,46-43-. The zero-order valence-corrected chi connectivity index (χ0v) is 47.1. The molecule has 12 heteroatoms. The number of hydrogen-bond donors (Lipinski definition) is 3. The van der Waals surface area contributed by atoms with Gasteiger partial charge in [0.2, 0.25) is 0 Å². The van der Waals surface area contributed by atoms with Gasteiger partial charge in [0.25, 0.3) is 0 Å². The third-order valence-electron chi connectivity index (χ3n) is 11.9. The second-order valence-corrected chi connectivity index (χ2v) is 18.8. The minimum absolute atomic E-state index is 0.00986. The van der Waals surface area contributed by atoms with Gasteiger partial charge in [0.1, 0.15) is 18.8 Å². The fraction of sp³-hybridized carbons (Fsp3) is 0.569. The maximum atomic E-state index is 13.1. The molecule has 6 atom stereocenters. The van der Waals surface area contributed by atoms with E-state index in [0.29, 0.717) is 32.1 Å². The second kappa shape index (κ2) is 51.4. The van der Waals surface area contributed by atoms with E-state index in [1.165, 1.54) is 0 Å². The Balaban J connectivity index is 2.76. The van der Waals surface area contributed by atoms with Gasteiger partial charge in [-0.2, -0.15) is 0 Å². The van der Waals surface area contributed by atoms with Crippen molar-refractivity contribution in [1.29, 1.82) is 0 Å². The molecule has 1 saturated heterocycles. The Hall–Kier alpha value is -5.40. The normalized spacial score (nSPS) is 19.1. The van der Waals surface area contributed by atoms with Crippen LogP contribution in [0.3, 0.4) is 0 Å². The molecule has 0 aromatic carbocycles. The van der Waals surface area contributed by atoms with Crippen molar-refractivity contribution in [2.45, 2.75) is 225 Å². The second-order valence-electron chi connectivity index (χ2n) is 18.8. The molecule has 12 nitrogen and oxygen atoms in total. The lowest BCUT2D eigenvalue weighted by atomic mass is 9.98. The van der Waals surface area contributed by atoms with Crippen LogP contribution < -0.4 is 0 Å². The zero-order valence-electron chi connectivity index (χ0n) is 47.1. The van der Waals surface area contributed by atoms with Crippen molar-refractivity contribution >= 4 is 23.9 Å². The average molecular weight is 1070 g/mol. The van der Waals surface area contributed by atoms with Crippen molar-refractivity contribution in [2.75, 3.05) is 13.2 Å². The molecule has 0 aromatic heterocycles. The monoisotopic (exact) mass is 1070 g/mol. The number of carboxylic acid groups (broad SMARTS) is 1. The predicted octanol–water partition coefficient (Wildman–Crippen LogP) is 14.8. The summed E-state index contributed by atoms with van der Waals surface area (Å²) in [7, 11) is 0. The van der Waals surface area contributed by atoms with Crippen molar-refractivity contribution in [3.05, 3.63) is 146 Å². The summed E-state index contributed by atoms with van der Waals surface area (Å²) in [5, 5.41) is 31.4. The molecule has 0 aliphatic carbocycles. The van der Waals surface area contributed by atoms with Crippen LogP contribution in [0.4, 0.5) is 0 Å². The summed E-state index contributed by atoms with van der Waals surface area (Å²) < 4.78 is 28.2. The van der Waals surface area contributed by atoms with Crippen LogP contribution in [-0.2, 0) is 42.9 Å². The topological polar surface area (TPSA) is 175 Å². The Morgan fingerprint density at radius 3 is 1.26 bits per heavy atom. The van der Waals surface area contributed by atoms with E-state index in [-0.39, 0.29) is 25.9 Å².